The lowest BCUT2D eigenvalue weighted by Gasteiger charge is -2.07. The lowest BCUT2D eigenvalue weighted by atomic mass is 9.99. The van der Waals surface area contributed by atoms with Crippen molar-refractivity contribution in [3.63, 3.8) is 0 Å². The maximum absolute atomic E-state index is 12.8. The van der Waals surface area contributed by atoms with Crippen molar-refractivity contribution in [3.05, 3.63) is 87.3 Å². The van der Waals surface area contributed by atoms with Gasteiger partial charge in [0.15, 0.2) is 5.78 Å². The number of aromatic nitrogens is 2. The molecule has 4 aromatic rings. The molecule has 4 heteroatoms. The van der Waals surface area contributed by atoms with E-state index in [4.69, 9.17) is 0 Å². The highest BCUT2D eigenvalue weighted by atomic mass is 16.1. The number of hydrogen-bond donors (Lipinski definition) is 1. The molecule has 1 N–H and O–H groups in total. The number of aryl methyl sites for hydroxylation is 2. The lowest BCUT2D eigenvalue weighted by molar-refractivity contribution is 0.0993. The Kier molecular flexibility index (Phi) is 3.88. The van der Waals surface area contributed by atoms with E-state index >= 15 is 0 Å². The highest BCUT2D eigenvalue weighted by Crippen LogP contribution is 2.20. The third-order valence-corrected chi connectivity index (χ3v) is 4.80. The van der Waals surface area contributed by atoms with Gasteiger partial charge in [0.2, 0.25) is 0 Å². The molecule has 26 heavy (non-hydrogen) atoms. The Morgan fingerprint density at radius 2 is 1.73 bits per heavy atom. The largest absolute Gasteiger partial charge is 0.319 e. The van der Waals surface area contributed by atoms with Gasteiger partial charge < -0.3 is 4.98 Å². The van der Waals surface area contributed by atoms with Crippen LogP contribution in [0.1, 0.15) is 27.2 Å². The molecule has 0 radical (unpaired) electrons. The van der Waals surface area contributed by atoms with Crippen LogP contribution in [-0.4, -0.2) is 15.8 Å². The van der Waals surface area contributed by atoms with E-state index in [1.54, 1.807) is 6.07 Å². The Hall–Kier alpha value is -3.27. The topological polar surface area (TPSA) is 62.8 Å². The second-order valence-corrected chi connectivity index (χ2v) is 6.59. The molecule has 4 rings (SSSR count). The number of Topliss-reactive ketones (excluding diaryl/α,β-unsaturated/α-hetero) is 1. The third-order valence-electron chi connectivity index (χ3n) is 4.80. The number of aromatic amines is 1. The smallest absolute Gasteiger partial charge is 0.270 e. The monoisotopic (exact) mass is 342 g/mol. The van der Waals surface area contributed by atoms with Crippen LogP contribution in [0.3, 0.4) is 0 Å². The molecule has 0 bridgehead atoms. The molecule has 0 aliphatic heterocycles. The zero-order chi connectivity index (χ0) is 18.3. The van der Waals surface area contributed by atoms with E-state index in [-0.39, 0.29) is 23.5 Å². The van der Waals surface area contributed by atoms with Crippen molar-refractivity contribution in [2.24, 2.45) is 0 Å². The number of ketones is 1. The van der Waals surface area contributed by atoms with Gasteiger partial charge in [0.1, 0.15) is 5.69 Å². The molecule has 0 amide bonds. The van der Waals surface area contributed by atoms with Crippen LogP contribution in [0.4, 0.5) is 0 Å². The highest BCUT2D eigenvalue weighted by Gasteiger charge is 2.15. The van der Waals surface area contributed by atoms with E-state index in [2.05, 4.69) is 9.97 Å². The fraction of sp³-hybridized carbons (Fsp3) is 0.136. The average molecular weight is 342 g/mol. The van der Waals surface area contributed by atoms with Gasteiger partial charge in [-0.25, -0.2) is 4.98 Å². The maximum Gasteiger partial charge on any atom is 0.270 e. The van der Waals surface area contributed by atoms with Crippen molar-refractivity contribution in [1.82, 2.24) is 9.97 Å². The molecule has 1 aromatic heterocycles. The molecule has 0 saturated heterocycles. The van der Waals surface area contributed by atoms with Gasteiger partial charge in [-0.15, -0.1) is 0 Å². The number of hydrogen-bond acceptors (Lipinski definition) is 3. The van der Waals surface area contributed by atoms with Crippen LogP contribution in [0.25, 0.3) is 21.8 Å². The van der Waals surface area contributed by atoms with E-state index in [9.17, 15) is 9.59 Å². The van der Waals surface area contributed by atoms with Crippen LogP contribution in [0.5, 0.6) is 0 Å². The van der Waals surface area contributed by atoms with E-state index < -0.39 is 0 Å². The minimum absolute atomic E-state index is 0.0216. The molecule has 3 aromatic carbocycles. The standard InChI is InChI=1S/C22H18N2O2/c1-13-10-18-19(11-14(13)2)24-22(26)20(23-18)12-21(25)17-9-5-7-15-6-3-4-8-16(15)17/h3-11H,12H2,1-2H3,(H,24,26). The summed E-state index contributed by atoms with van der Waals surface area (Å²) in [6.07, 6.45) is -0.0216. The molecule has 0 aliphatic rings. The van der Waals surface area contributed by atoms with Gasteiger partial charge >= 0.3 is 0 Å². The predicted octanol–water partition coefficient (Wildman–Crippen LogP) is 4.12. The third kappa shape index (κ3) is 2.80. The maximum atomic E-state index is 12.8. The van der Waals surface area contributed by atoms with E-state index in [1.165, 1.54) is 0 Å². The van der Waals surface area contributed by atoms with Gasteiger partial charge in [-0.2, -0.15) is 0 Å². The van der Waals surface area contributed by atoms with Gasteiger partial charge in [-0.1, -0.05) is 42.5 Å². The molecule has 128 valence electrons. The second kappa shape index (κ2) is 6.23. The van der Waals surface area contributed by atoms with Crippen molar-refractivity contribution in [3.8, 4) is 0 Å². The van der Waals surface area contributed by atoms with Crippen LogP contribution in [0, 0.1) is 13.8 Å². The molecule has 0 spiro atoms. The van der Waals surface area contributed by atoms with Crippen molar-refractivity contribution < 1.29 is 4.79 Å². The number of benzene rings is 3. The molecular weight excluding hydrogens is 324 g/mol. The number of rotatable bonds is 3. The number of fused-ring (bicyclic) bond motifs is 2. The van der Waals surface area contributed by atoms with Crippen molar-refractivity contribution in [2.75, 3.05) is 0 Å². The van der Waals surface area contributed by atoms with Crippen molar-refractivity contribution >= 4 is 27.6 Å². The molecule has 0 aliphatic carbocycles. The summed E-state index contributed by atoms with van der Waals surface area (Å²) >= 11 is 0. The van der Waals surface area contributed by atoms with E-state index in [0.29, 0.717) is 16.6 Å². The number of carbonyl (C=O) groups is 1. The minimum Gasteiger partial charge on any atom is -0.319 e. The summed E-state index contributed by atoms with van der Waals surface area (Å²) in [5.74, 6) is -0.108. The van der Waals surface area contributed by atoms with Crippen LogP contribution < -0.4 is 5.56 Å². The molecule has 4 nitrogen and oxygen atoms in total. The molecule has 0 fully saturated rings. The molecule has 1 heterocycles. The number of nitrogens with zero attached hydrogens (tertiary/aromatic N) is 1. The number of H-pyrrole nitrogens is 1. The van der Waals surface area contributed by atoms with Crippen LogP contribution >= 0.6 is 0 Å². The van der Waals surface area contributed by atoms with Gasteiger partial charge in [0, 0.05) is 5.56 Å². The fourth-order valence-electron chi connectivity index (χ4n) is 3.22. The average Bonchev–Trinajstić information content (AvgIpc) is 2.63. The zero-order valence-corrected chi connectivity index (χ0v) is 14.7. The second-order valence-electron chi connectivity index (χ2n) is 6.59. The first-order chi connectivity index (χ1) is 12.5. The quantitative estimate of drug-likeness (QED) is 0.570. The van der Waals surface area contributed by atoms with Crippen LogP contribution in [0.2, 0.25) is 0 Å². The Morgan fingerprint density at radius 1 is 1.00 bits per heavy atom. The Morgan fingerprint density at radius 3 is 2.58 bits per heavy atom. The number of carbonyl (C=O) groups excluding carboxylic acids is 1. The Labute approximate surface area is 150 Å². The summed E-state index contributed by atoms with van der Waals surface area (Å²) in [6.45, 7) is 3.99. The molecule has 0 unspecified atom stereocenters. The predicted molar refractivity (Wildman–Crippen MR) is 104 cm³/mol. The number of nitrogens with one attached hydrogen (secondary N) is 1. The van der Waals surface area contributed by atoms with Gasteiger partial charge in [-0.3, -0.25) is 9.59 Å². The first kappa shape index (κ1) is 16.2. The van der Waals surface area contributed by atoms with E-state index in [0.717, 1.165) is 21.9 Å². The summed E-state index contributed by atoms with van der Waals surface area (Å²) in [5.41, 5.74) is 4.14. The van der Waals surface area contributed by atoms with Crippen molar-refractivity contribution in [2.45, 2.75) is 20.3 Å². The first-order valence-electron chi connectivity index (χ1n) is 8.54. The van der Waals surface area contributed by atoms with Gasteiger partial charge in [0.25, 0.3) is 5.56 Å². The molecule has 0 atom stereocenters. The first-order valence-corrected chi connectivity index (χ1v) is 8.54. The Bertz CT molecular complexity index is 1220. The van der Waals surface area contributed by atoms with Crippen molar-refractivity contribution in [1.29, 1.82) is 0 Å². The minimum atomic E-state index is -0.311. The molecule has 0 saturated carbocycles. The van der Waals surface area contributed by atoms with Crippen LogP contribution in [0.15, 0.2) is 59.4 Å². The van der Waals surface area contributed by atoms with Gasteiger partial charge in [-0.05, 0) is 47.9 Å². The lowest BCUT2D eigenvalue weighted by Crippen LogP contribution is -2.19. The summed E-state index contributed by atoms with van der Waals surface area (Å²) < 4.78 is 0. The fourth-order valence-corrected chi connectivity index (χ4v) is 3.22. The highest BCUT2D eigenvalue weighted by molar-refractivity contribution is 6.08. The zero-order valence-electron chi connectivity index (χ0n) is 14.7. The molecular formula is C22H18N2O2. The summed E-state index contributed by atoms with van der Waals surface area (Å²) in [4.78, 5) is 32.5. The summed E-state index contributed by atoms with van der Waals surface area (Å²) in [7, 11) is 0. The summed E-state index contributed by atoms with van der Waals surface area (Å²) in [5, 5.41) is 1.90. The normalized spacial score (nSPS) is 11.2. The Balaban J connectivity index is 1.76. The van der Waals surface area contributed by atoms with Gasteiger partial charge in [0.05, 0.1) is 17.5 Å². The van der Waals surface area contributed by atoms with E-state index in [1.807, 2.05) is 62.4 Å². The summed E-state index contributed by atoms with van der Waals surface area (Å²) in [6, 6.07) is 17.2. The van der Waals surface area contributed by atoms with Crippen LogP contribution in [-0.2, 0) is 6.42 Å². The SMILES string of the molecule is Cc1cc2nc(CC(=O)c3cccc4ccccc34)c(=O)[nH]c2cc1C.